The molecule has 0 aliphatic rings. The van der Waals surface area contributed by atoms with Gasteiger partial charge in [0.25, 0.3) is 0 Å². The standard InChI is InChI=1S/C20H22N2/c1-13-8-16(10-17(9-13)20(3,4)5)15-6-7-19-18(11-15)14(2)21-12-22-19/h6-12H,1-5H3. The van der Waals surface area contributed by atoms with Gasteiger partial charge in [-0.15, -0.1) is 0 Å². The second-order valence-electron chi connectivity index (χ2n) is 7.03. The Morgan fingerprint density at radius 2 is 1.59 bits per heavy atom. The molecule has 2 nitrogen and oxygen atoms in total. The molecule has 0 aliphatic carbocycles. The summed E-state index contributed by atoms with van der Waals surface area (Å²) in [5.74, 6) is 0. The highest BCUT2D eigenvalue weighted by Crippen LogP contribution is 2.30. The van der Waals surface area contributed by atoms with E-state index < -0.39 is 0 Å². The van der Waals surface area contributed by atoms with Gasteiger partial charge < -0.3 is 0 Å². The predicted octanol–water partition coefficient (Wildman–Crippen LogP) is 5.21. The third-order valence-electron chi connectivity index (χ3n) is 4.11. The summed E-state index contributed by atoms with van der Waals surface area (Å²) in [5.41, 5.74) is 7.31. The average molecular weight is 290 g/mol. The van der Waals surface area contributed by atoms with Crippen LogP contribution in [0, 0.1) is 13.8 Å². The van der Waals surface area contributed by atoms with Gasteiger partial charge in [-0.3, -0.25) is 0 Å². The first kappa shape index (κ1) is 14.7. The maximum absolute atomic E-state index is 4.34. The van der Waals surface area contributed by atoms with Crippen molar-refractivity contribution in [1.29, 1.82) is 0 Å². The number of hydrogen-bond donors (Lipinski definition) is 0. The van der Waals surface area contributed by atoms with E-state index in [2.05, 4.69) is 74.1 Å². The monoisotopic (exact) mass is 290 g/mol. The Hall–Kier alpha value is -2.22. The summed E-state index contributed by atoms with van der Waals surface area (Å²) in [4.78, 5) is 8.65. The highest BCUT2D eigenvalue weighted by atomic mass is 14.8. The quantitative estimate of drug-likeness (QED) is 0.614. The summed E-state index contributed by atoms with van der Waals surface area (Å²) < 4.78 is 0. The van der Waals surface area contributed by atoms with E-state index in [0.29, 0.717) is 0 Å². The van der Waals surface area contributed by atoms with Crippen LogP contribution >= 0.6 is 0 Å². The van der Waals surface area contributed by atoms with E-state index in [1.807, 2.05) is 6.92 Å². The summed E-state index contributed by atoms with van der Waals surface area (Å²) >= 11 is 0. The lowest BCUT2D eigenvalue weighted by molar-refractivity contribution is 0.590. The molecule has 22 heavy (non-hydrogen) atoms. The van der Waals surface area contributed by atoms with Crippen LogP contribution in [0.5, 0.6) is 0 Å². The number of rotatable bonds is 1. The van der Waals surface area contributed by atoms with Crippen molar-refractivity contribution in [2.24, 2.45) is 0 Å². The molecule has 0 bridgehead atoms. The van der Waals surface area contributed by atoms with Crippen molar-refractivity contribution < 1.29 is 0 Å². The smallest absolute Gasteiger partial charge is 0.116 e. The van der Waals surface area contributed by atoms with Gasteiger partial charge in [0, 0.05) is 11.1 Å². The van der Waals surface area contributed by atoms with Gasteiger partial charge in [0.05, 0.1) is 5.52 Å². The summed E-state index contributed by atoms with van der Waals surface area (Å²) in [6, 6.07) is 13.3. The van der Waals surface area contributed by atoms with Crippen molar-refractivity contribution >= 4 is 10.9 Å². The Morgan fingerprint density at radius 1 is 0.818 bits per heavy atom. The number of benzene rings is 2. The fourth-order valence-electron chi connectivity index (χ4n) is 2.75. The molecule has 112 valence electrons. The van der Waals surface area contributed by atoms with Crippen LogP contribution in [0.25, 0.3) is 22.0 Å². The molecule has 0 aliphatic heterocycles. The molecule has 0 unspecified atom stereocenters. The van der Waals surface area contributed by atoms with Gasteiger partial charge >= 0.3 is 0 Å². The molecule has 3 rings (SSSR count). The van der Waals surface area contributed by atoms with Crippen LogP contribution in [0.15, 0.2) is 42.7 Å². The zero-order valence-electron chi connectivity index (χ0n) is 13.9. The lowest BCUT2D eigenvalue weighted by atomic mass is 9.84. The maximum atomic E-state index is 4.34. The SMILES string of the molecule is Cc1cc(-c2ccc3ncnc(C)c3c2)cc(C(C)(C)C)c1. The van der Waals surface area contributed by atoms with Gasteiger partial charge in [0.1, 0.15) is 6.33 Å². The van der Waals surface area contributed by atoms with Crippen molar-refractivity contribution in [3.05, 3.63) is 59.5 Å². The van der Waals surface area contributed by atoms with Crippen LogP contribution in [-0.4, -0.2) is 9.97 Å². The van der Waals surface area contributed by atoms with Crippen molar-refractivity contribution in [3.63, 3.8) is 0 Å². The van der Waals surface area contributed by atoms with Gasteiger partial charge in [0.2, 0.25) is 0 Å². The van der Waals surface area contributed by atoms with E-state index in [4.69, 9.17) is 0 Å². The first-order valence-corrected chi connectivity index (χ1v) is 7.68. The fraction of sp³-hybridized carbons (Fsp3) is 0.300. The largest absolute Gasteiger partial charge is 0.241 e. The first-order valence-electron chi connectivity index (χ1n) is 7.68. The Balaban J connectivity index is 2.19. The Kier molecular flexibility index (Phi) is 3.48. The molecule has 1 aromatic heterocycles. The summed E-state index contributed by atoms with van der Waals surface area (Å²) in [5, 5.41) is 1.12. The molecule has 0 saturated carbocycles. The predicted molar refractivity (Wildman–Crippen MR) is 93.1 cm³/mol. The van der Waals surface area contributed by atoms with E-state index in [0.717, 1.165) is 16.6 Å². The second kappa shape index (κ2) is 5.20. The molecule has 3 aromatic rings. The van der Waals surface area contributed by atoms with Gasteiger partial charge in [-0.25, -0.2) is 9.97 Å². The van der Waals surface area contributed by atoms with Crippen LogP contribution in [0.1, 0.15) is 37.6 Å². The van der Waals surface area contributed by atoms with E-state index in [-0.39, 0.29) is 5.41 Å². The minimum Gasteiger partial charge on any atom is -0.241 e. The van der Waals surface area contributed by atoms with E-state index >= 15 is 0 Å². The molecular formula is C20H22N2. The summed E-state index contributed by atoms with van der Waals surface area (Å²) in [6.45, 7) is 11.0. The van der Waals surface area contributed by atoms with Gasteiger partial charge in [-0.1, -0.05) is 50.6 Å². The Labute approximate surface area is 132 Å². The third-order valence-corrected chi connectivity index (χ3v) is 4.11. The van der Waals surface area contributed by atoms with Crippen molar-refractivity contribution in [2.45, 2.75) is 40.0 Å². The molecule has 2 heteroatoms. The highest BCUT2D eigenvalue weighted by molar-refractivity contribution is 5.86. The van der Waals surface area contributed by atoms with Gasteiger partial charge in [-0.05, 0) is 48.1 Å². The van der Waals surface area contributed by atoms with E-state index in [1.165, 1.54) is 22.3 Å². The van der Waals surface area contributed by atoms with Crippen molar-refractivity contribution in [3.8, 4) is 11.1 Å². The summed E-state index contributed by atoms with van der Waals surface area (Å²) in [7, 11) is 0. The number of nitrogens with zero attached hydrogens (tertiary/aromatic N) is 2. The molecule has 0 spiro atoms. The average Bonchev–Trinajstić information content (AvgIpc) is 2.46. The number of aromatic nitrogens is 2. The highest BCUT2D eigenvalue weighted by Gasteiger charge is 2.15. The zero-order valence-corrected chi connectivity index (χ0v) is 13.9. The van der Waals surface area contributed by atoms with Crippen LogP contribution in [0.4, 0.5) is 0 Å². The molecule has 0 saturated heterocycles. The first-order chi connectivity index (χ1) is 10.3. The Morgan fingerprint density at radius 3 is 2.32 bits per heavy atom. The number of fused-ring (bicyclic) bond motifs is 1. The Bertz CT molecular complexity index is 842. The van der Waals surface area contributed by atoms with Crippen molar-refractivity contribution in [2.75, 3.05) is 0 Å². The second-order valence-corrected chi connectivity index (χ2v) is 7.03. The van der Waals surface area contributed by atoms with Crippen LogP contribution < -0.4 is 0 Å². The van der Waals surface area contributed by atoms with E-state index in [1.54, 1.807) is 6.33 Å². The minimum atomic E-state index is 0.149. The molecular weight excluding hydrogens is 268 g/mol. The zero-order chi connectivity index (χ0) is 15.9. The van der Waals surface area contributed by atoms with Crippen LogP contribution in [-0.2, 0) is 5.41 Å². The molecule has 0 fully saturated rings. The maximum Gasteiger partial charge on any atom is 0.116 e. The summed E-state index contributed by atoms with van der Waals surface area (Å²) in [6.07, 6.45) is 1.63. The topological polar surface area (TPSA) is 25.8 Å². The third kappa shape index (κ3) is 2.74. The molecule has 0 amide bonds. The number of aryl methyl sites for hydroxylation is 2. The molecule has 1 heterocycles. The molecule has 0 radical (unpaired) electrons. The van der Waals surface area contributed by atoms with Crippen LogP contribution in [0.3, 0.4) is 0 Å². The number of hydrogen-bond acceptors (Lipinski definition) is 2. The lowest BCUT2D eigenvalue weighted by Gasteiger charge is -2.21. The van der Waals surface area contributed by atoms with E-state index in [9.17, 15) is 0 Å². The lowest BCUT2D eigenvalue weighted by Crippen LogP contribution is -2.11. The fourth-order valence-corrected chi connectivity index (χ4v) is 2.75. The van der Waals surface area contributed by atoms with Gasteiger partial charge in [-0.2, -0.15) is 0 Å². The molecule has 0 atom stereocenters. The molecule has 2 aromatic carbocycles. The van der Waals surface area contributed by atoms with Crippen molar-refractivity contribution in [1.82, 2.24) is 9.97 Å². The minimum absolute atomic E-state index is 0.149. The van der Waals surface area contributed by atoms with Crippen LogP contribution in [0.2, 0.25) is 0 Å². The molecule has 0 N–H and O–H groups in total. The normalized spacial score (nSPS) is 11.9. The van der Waals surface area contributed by atoms with Gasteiger partial charge in [0.15, 0.2) is 0 Å².